The van der Waals surface area contributed by atoms with Crippen molar-refractivity contribution in [3.05, 3.63) is 94.7 Å². The van der Waals surface area contributed by atoms with E-state index in [1.807, 2.05) is 0 Å². The summed E-state index contributed by atoms with van der Waals surface area (Å²) in [6.07, 6.45) is 1.69. The molecule has 32 heavy (non-hydrogen) atoms. The van der Waals surface area contributed by atoms with Crippen LogP contribution in [-0.2, 0) is 6.54 Å². The van der Waals surface area contributed by atoms with Crippen molar-refractivity contribution < 1.29 is 18.7 Å². The molecule has 0 unspecified atom stereocenters. The summed E-state index contributed by atoms with van der Waals surface area (Å²) in [4.78, 5) is 30.4. The average molecular weight is 445 g/mol. The topological polar surface area (TPSA) is 80.3 Å². The number of anilines is 1. The molecule has 0 saturated carbocycles. The van der Waals surface area contributed by atoms with Gasteiger partial charge in [0.05, 0.1) is 17.8 Å². The van der Waals surface area contributed by atoms with E-state index in [1.165, 1.54) is 23.5 Å². The molecule has 2 amide bonds. The third-order valence-corrected chi connectivity index (χ3v) is 5.96. The summed E-state index contributed by atoms with van der Waals surface area (Å²) in [7, 11) is 0. The third-order valence-electron chi connectivity index (χ3n) is 4.91. The van der Waals surface area contributed by atoms with E-state index in [-0.39, 0.29) is 17.6 Å². The van der Waals surface area contributed by atoms with Crippen LogP contribution in [0.3, 0.4) is 0 Å². The van der Waals surface area contributed by atoms with Crippen LogP contribution in [0.25, 0.3) is 10.6 Å². The van der Waals surface area contributed by atoms with Gasteiger partial charge < -0.3 is 15.4 Å². The minimum atomic E-state index is -0.302. The minimum Gasteiger partial charge on any atom is -0.454 e. The van der Waals surface area contributed by atoms with Crippen LogP contribution in [0.5, 0.6) is 11.5 Å². The molecule has 0 fully saturated rings. The van der Waals surface area contributed by atoms with E-state index >= 15 is 0 Å². The fourth-order valence-electron chi connectivity index (χ4n) is 3.29. The van der Waals surface area contributed by atoms with Crippen LogP contribution in [0, 0.1) is 5.82 Å². The first kappa shape index (κ1) is 19.9. The smallest absolute Gasteiger partial charge is 0.259 e. The number of rotatable bonds is 4. The summed E-state index contributed by atoms with van der Waals surface area (Å²) in [6.45, 7) is 0.295. The third kappa shape index (κ3) is 3.95. The van der Waals surface area contributed by atoms with Gasteiger partial charge in [0.15, 0.2) is 5.75 Å². The molecule has 1 aliphatic heterocycles. The van der Waals surface area contributed by atoms with Gasteiger partial charge in [0, 0.05) is 22.2 Å². The molecule has 1 aromatic heterocycles. The molecule has 4 aromatic rings. The average Bonchev–Trinajstić information content (AvgIpc) is 3.23. The van der Waals surface area contributed by atoms with Gasteiger partial charge in [-0.25, -0.2) is 9.37 Å². The second-order valence-electron chi connectivity index (χ2n) is 7.08. The molecule has 0 atom stereocenters. The number of fused-ring (bicyclic) bond motifs is 2. The molecule has 0 bridgehead atoms. The largest absolute Gasteiger partial charge is 0.454 e. The monoisotopic (exact) mass is 445 g/mol. The lowest BCUT2D eigenvalue weighted by atomic mass is 10.1. The van der Waals surface area contributed by atoms with Crippen LogP contribution in [0.2, 0.25) is 0 Å². The lowest BCUT2D eigenvalue weighted by Crippen LogP contribution is -2.22. The number of hydrogen-bond donors (Lipinski definition) is 2. The maximum Gasteiger partial charge on any atom is 0.259 e. The molecule has 2 heterocycles. The molecule has 1 aliphatic rings. The Labute approximate surface area is 186 Å². The van der Waals surface area contributed by atoms with Crippen LogP contribution in [0.4, 0.5) is 10.1 Å². The number of ether oxygens (including phenoxy) is 1. The summed E-state index contributed by atoms with van der Waals surface area (Å²) in [5.41, 5.74) is 2.06. The predicted octanol–water partition coefficient (Wildman–Crippen LogP) is 5.24. The first-order valence-corrected chi connectivity index (χ1v) is 10.6. The van der Waals surface area contributed by atoms with Crippen LogP contribution in [0.1, 0.15) is 25.6 Å². The Hall–Kier alpha value is -4.04. The molecule has 5 rings (SSSR count). The van der Waals surface area contributed by atoms with Gasteiger partial charge in [-0.1, -0.05) is 12.1 Å². The van der Waals surface area contributed by atoms with E-state index in [0.717, 1.165) is 15.4 Å². The number of benzene rings is 3. The summed E-state index contributed by atoms with van der Waals surface area (Å²) >= 11 is 1.42. The Morgan fingerprint density at radius 2 is 1.88 bits per heavy atom. The number of aromatic nitrogens is 1. The molecule has 0 radical (unpaired) electrons. The van der Waals surface area contributed by atoms with Crippen molar-refractivity contribution in [3.63, 3.8) is 0 Å². The number of nitrogens with zero attached hydrogens (tertiary/aromatic N) is 1. The van der Waals surface area contributed by atoms with E-state index in [0.29, 0.717) is 34.9 Å². The standard InChI is InChI=1S/C24H16FN3O3S/c25-16-8-5-14(6-9-16)24-27-13-17(32-24)12-26-22(29)15-7-10-21-19(11-15)28-23(30)18-3-1-2-4-20(18)31-21/h1-11,13H,12H2,(H,26,29)(H,28,30). The van der Waals surface area contributed by atoms with Crippen molar-refractivity contribution in [1.29, 1.82) is 0 Å². The van der Waals surface area contributed by atoms with Gasteiger partial charge in [0.25, 0.3) is 11.8 Å². The van der Waals surface area contributed by atoms with Crippen LogP contribution < -0.4 is 15.4 Å². The zero-order valence-electron chi connectivity index (χ0n) is 16.6. The summed E-state index contributed by atoms with van der Waals surface area (Å²) < 4.78 is 18.9. The number of carbonyl (C=O) groups is 2. The zero-order chi connectivity index (χ0) is 22.1. The predicted molar refractivity (Wildman–Crippen MR) is 120 cm³/mol. The van der Waals surface area contributed by atoms with Crippen LogP contribution in [0.15, 0.2) is 72.9 Å². The van der Waals surface area contributed by atoms with Crippen molar-refractivity contribution in [2.45, 2.75) is 6.54 Å². The number of para-hydroxylation sites is 1. The van der Waals surface area contributed by atoms with E-state index in [4.69, 9.17) is 4.74 Å². The Morgan fingerprint density at radius 3 is 2.72 bits per heavy atom. The Morgan fingerprint density at radius 1 is 1.06 bits per heavy atom. The Bertz CT molecular complexity index is 1330. The van der Waals surface area contributed by atoms with E-state index in [9.17, 15) is 14.0 Å². The van der Waals surface area contributed by atoms with Crippen molar-refractivity contribution in [2.24, 2.45) is 0 Å². The molecule has 158 valence electrons. The highest BCUT2D eigenvalue weighted by Crippen LogP contribution is 2.36. The second kappa shape index (κ2) is 8.24. The lowest BCUT2D eigenvalue weighted by Gasteiger charge is -2.10. The van der Waals surface area contributed by atoms with Crippen molar-refractivity contribution in [3.8, 4) is 22.1 Å². The summed E-state index contributed by atoms with van der Waals surface area (Å²) in [5.74, 6) is 0.0359. The van der Waals surface area contributed by atoms with Gasteiger partial charge in [-0.15, -0.1) is 11.3 Å². The highest BCUT2D eigenvalue weighted by atomic mass is 32.1. The summed E-state index contributed by atoms with van der Waals surface area (Å²) in [5, 5.41) is 6.40. The van der Waals surface area contributed by atoms with E-state index < -0.39 is 0 Å². The number of carbonyl (C=O) groups excluding carboxylic acids is 2. The lowest BCUT2D eigenvalue weighted by molar-refractivity contribution is 0.0950. The molecular formula is C24H16FN3O3S. The first-order valence-electron chi connectivity index (χ1n) is 9.78. The van der Waals surface area contributed by atoms with Crippen molar-refractivity contribution in [2.75, 3.05) is 5.32 Å². The maximum atomic E-state index is 13.1. The maximum absolute atomic E-state index is 13.1. The minimum absolute atomic E-state index is 0.291. The molecule has 3 aromatic carbocycles. The Kier molecular flexibility index (Phi) is 5.12. The number of thiazole rings is 1. The normalized spacial score (nSPS) is 12.1. The molecule has 0 spiro atoms. The Balaban J connectivity index is 1.28. The molecular weight excluding hydrogens is 429 g/mol. The van der Waals surface area contributed by atoms with E-state index in [2.05, 4.69) is 15.6 Å². The highest BCUT2D eigenvalue weighted by Gasteiger charge is 2.21. The molecule has 0 aliphatic carbocycles. The highest BCUT2D eigenvalue weighted by molar-refractivity contribution is 7.15. The molecule has 2 N–H and O–H groups in total. The summed E-state index contributed by atoms with van der Waals surface area (Å²) in [6, 6.07) is 18.0. The van der Waals surface area contributed by atoms with Crippen LogP contribution in [-0.4, -0.2) is 16.8 Å². The van der Waals surface area contributed by atoms with Gasteiger partial charge in [0.1, 0.15) is 16.6 Å². The number of nitrogens with one attached hydrogen (secondary N) is 2. The fourth-order valence-corrected chi connectivity index (χ4v) is 4.15. The molecule has 8 heteroatoms. The van der Waals surface area contributed by atoms with Crippen molar-refractivity contribution >= 4 is 28.8 Å². The SMILES string of the molecule is O=C(NCc1cnc(-c2ccc(F)cc2)s1)c1ccc2c(c1)NC(=O)c1ccccc1O2. The number of hydrogen-bond acceptors (Lipinski definition) is 5. The second-order valence-corrected chi connectivity index (χ2v) is 8.20. The first-order chi connectivity index (χ1) is 15.6. The van der Waals surface area contributed by atoms with Gasteiger partial charge in [-0.2, -0.15) is 0 Å². The van der Waals surface area contributed by atoms with Gasteiger partial charge in [-0.3, -0.25) is 9.59 Å². The molecule has 6 nitrogen and oxygen atoms in total. The fraction of sp³-hybridized carbons (Fsp3) is 0.0417. The number of amides is 2. The number of halogens is 1. The van der Waals surface area contributed by atoms with Gasteiger partial charge in [0.2, 0.25) is 0 Å². The zero-order valence-corrected chi connectivity index (χ0v) is 17.4. The van der Waals surface area contributed by atoms with Crippen LogP contribution >= 0.6 is 11.3 Å². The van der Waals surface area contributed by atoms with Crippen molar-refractivity contribution in [1.82, 2.24) is 10.3 Å². The molecule has 0 saturated heterocycles. The van der Waals surface area contributed by atoms with Gasteiger partial charge >= 0.3 is 0 Å². The van der Waals surface area contributed by atoms with E-state index in [1.54, 1.807) is 60.8 Å². The van der Waals surface area contributed by atoms with Gasteiger partial charge in [-0.05, 0) is 54.6 Å². The quantitative estimate of drug-likeness (QED) is 0.450.